The highest BCUT2D eigenvalue weighted by Gasteiger charge is 2.24. The molecule has 108 valence electrons. The molecule has 0 radical (unpaired) electrons. The maximum Gasteiger partial charge on any atom is 0.136 e. The van der Waals surface area contributed by atoms with E-state index in [4.69, 9.17) is 20.5 Å². The van der Waals surface area contributed by atoms with E-state index >= 15 is 0 Å². The lowest BCUT2D eigenvalue weighted by molar-refractivity contribution is -0.0183. The Morgan fingerprint density at radius 3 is 2.85 bits per heavy atom. The molecule has 0 bridgehead atoms. The van der Waals surface area contributed by atoms with Crippen molar-refractivity contribution >= 4 is 0 Å². The topological polar surface area (TPSA) is 68.3 Å². The standard InChI is InChI=1S/C16H22N2O2/c1-19-16-8-12(6-7-14(16)10-18)11-20-15-5-3-2-4-13(15)9-17/h6-8,13,15H,2-5,9,11,17H2,1H3. The minimum atomic E-state index is 0.260. The summed E-state index contributed by atoms with van der Waals surface area (Å²) < 4.78 is 11.2. The second-order valence-electron chi connectivity index (χ2n) is 5.28. The molecule has 1 saturated carbocycles. The molecular formula is C16H22N2O2. The van der Waals surface area contributed by atoms with Crippen LogP contribution in [0.4, 0.5) is 0 Å². The molecule has 4 nitrogen and oxygen atoms in total. The van der Waals surface area contributed by atoms with Gasteiger partial charge in [-0.25, -0.2) is 0 Å². The van der Waals surface area contributed by atoms with E-state index in [0.29, 0.717) is 30.4 Å². The highest BCUT2D eigenvalue weighted by molar-refractivity contribution is 5.45. The van der Waals surface area contributed by atoms with Gasteiger partial charge in [-0.05, 0) is 43.0 Å². The number of ether oxygens (including phenoxy) is 2. The van der Waals surface area contributed by atoms with Crippen molar-refractivity contribution in [2.45, 2.75) is 38.4 Å². The van der Waals surface area contributed by atoms with Gasteiger partial charge in [-0.2, -0.15) is 5.26 Å². The fourth-order valence-corrected chi connectivity index (χ4v) is 2.78. The van der Waals surface area contributed by atoms with Crippen molar-refractivity contribution in [3.05, 3.63) is 29.3 Å². The van der Waals surface area contributed by atoms with Crippen LogP contribution < -0.4 is 10.5 Å². The smallest absolute Gasteiger partial charge is 0.136 e. The van der Waals surface area contributed by atoms with E-state index in [0.717, 1.165) is 18.4 Å². The molecule has 2 unspecified atom stereocenters. The van der Waals surface area contributed by atoms with Gasteiger partial charge in [-0.1, -0.05) is 18.9 Å². The van der Waals surface area contributed by atoms with Crippen LogP contribution in [0.1, 0.15) is 36.8 Å². The second kappa shape index (κ2) is 7.28. The number of nitriles is 1. The summed E-state index contributed by atoms with van der Waals surface area (Å²) in [5.74, 6) is 1.08. The minimum Gasteiger partial charge on any atom is -0.495 e. The Morgan fingerprint density at radius 1 is 1.35 bits per heavy atom. The van der Waals surface area contributed by atoms with Crippen LogP contribution >= 0.6 is 0 Å². The number of methoxy groups -OCH3 is 1. The molecule has 0 amide bonds. The van der Waals surface area contributed by atoms with Crippen LogP contribution in [0.15, 0.2) is 18.2 Å². The Balaban J connectivity index is 1.98. The van der Waals surface area contributed by atoms with E-state index in [9.17, 15) is 0 Å². The number of rotatable bonds is 5. The SMILES string of the molecule is COc1cc(COC2CCCCC2CN)ccc1C#N. The van der Waals surface area contributed by atoms with Crippen LogP contribution in [0.3, 0.4) is 0 Å². The van der Waals surface area contributed by atoms with Gasteiger partial charge in [0.05, 0.1) is 25.4 Å². The van der Waals surface area contributed by atoms with Crippen LogP contribution in [0.5, 0.6) is 5.75 Å². The third-order valence-electron chi connectivity index (χ3n) is 3.99. The Hall–Kier alpha value is -1.57. The summed E-state index contributed by atoms with van der Waals surface area (Å²) in [5.41, 5.74) is 7.39. The molecular weight excluding hydrogens is 252 g/mol. The Labute approximate surface area is 120 Å². The maximum atomic E-state index is 8.97. The fraction of sp³-hybridized carbons (Fsp3) is 0.562. The van der Waals surface area contributed by atoms with E-state index in [-0.39, 0.29) is 6.10 Å². The van der Waals surface area contributed by atoms with Gasteiger partial charge in [0, 0.05) is 0 Å². The van der Waals surface area contributed by atoms with Crippen molar-refractivity contribution in [2.24, 2.45) is 11.7 Å². The molecule has 0 aliphatic heterocycles. The van der Waals surface area contributed by atoms with Gasteiger partial charge in [0.15, 0.2) is 0 Å². The van der Waals surface area contributed by atoms with Gasteiger partial charge in [0.25, 0.3) is 0 Å². The summed E-state index contributed by atoms with van der Waals surface area (Å²) in [6.07, 6.45) is 4.99. The number of benzene rings is 1. The lowest BCUT2D eigenvalue weighted by Gasteiger charge is -2.30. The quantitative estimate of drug-likeness (QED) is 0.896. The van der Waals surface area contributed by atoms with Gasteiger partial charge in [0.1, 0.15) is 11.8 Å². The molecule has 2 rings (SSSR count). The molecule has 0 heterocycles. The summed E-state index contributed by atoms with van der Waals surface area (Å²) >= 11 is 0. The van der Waals surface area contributed by atoms with E-state index in [2.05, 4.69) is 6.07 Å². The summed E-state index contributed by atoms with van der Waals surface area (Å²) in [6, 6.07) is 7.68. The van der Waals surface area contributed by atoms with Gasteiger partial charge in [-0.3, -0.25) is 0 Å². The van der Waals surface area contributed by atoms with Gasteiger partial charge >= 0.3 is 0 Å². The Kier molecular flexibility index (Phi) is 5.40. The van der Waals surface area contributed by atoms with E-state index in [1.807, 2.05) is 12.1 Å². The first-order valence-corrected chi connectivity index (χ1v) is 7.17. The molecule has 0 spiro atoms. The summed E-state index contributed by atoms with van der Waals surface area (Å²) in [6.45, 7) is 1.24. The van der Waals surface area contributed by atoms with Crippen molar-refractivity contribution in [2.75, 3.05) is 13.7 Å². The molecule has 4 heteroatoms. The van der Waals surface area contributed by atoms with Crippen molar-refractivity contribution in [1.82, 2.24) is 0 Å². The van der Waals surface area contributed by atoms with Crippen LogP contribution in [-0.4, -0.2) is 19.8 Å². The van der Waals surface area contributed by atoms with E-state index in [1.54, 1.807) is 13.2 Å². The average molecular weight is 274 g/mol. The van der Waals surface area contributed by atoms with Crippen LogP contribution in [0.2, 0.25) is 0 Å². The van der Waals surface area contributed by atoms with Crippen molar-refractivity contribution in [3.63, 3.8) is 0 Å². The van der Waals surface area contributed by atoms with Crippen LogP contribution in [-0.2, 0) is 11.3 Å². The minimum absolute atomic E-state index is 0.260. The highest BCUT2D eigenvalue weighted by atomic mass is 16.5. The molecule has 2 N–H and O–H groups in total. The monoisotopic (exact) mass is 274 g/mol. The first kappa shape index (κ1) is 14.8. The molecule has 2 atom stereocenters. The number of nitrogens with zero attached hydrogens (tertiary/aromatic N) is 1. The van der Waals surface area contributed by atoms with E-state index < -0.39 is 0 Å². The average Bonchev–Trinajstić information content (AvgIpc) is 2.52. The second-order valence-corrected chi connectivity index (χ2v) is 5.28. The van der Waals surface area contributed by atoms with Gasteiger partial charge in [-0.15, -0.1) is 0 Å². The molecule has 1 fully saturated rings. The fourth-order valence-electron chi connectivity index (χ4n) is 2.78. The highest BCUT2D eigenvalue weighted by Crippen LogP contribution is 2.27. The van der Waals surface area contributed by atoms with Crippen LogP contribution in [0, 0.1) is 17.2 Å². The zero-order valence-electron chi connectivity index (χ0n) is 12.0. The molecule has 1 aromatic rings. The molecule has 1 aliphatic rings. The van der Waals surface area contributed by atoms with Gasteiger partial charge in [0.2, 0.25) is 0 Å². The lowest BCUT2D eigenvalue weighted by atomic mass is 9.86. The molecule has 0 saturated heterocycles. The number of hydrogen-bond acceptors (Lipinski definition) is 4. The molecule has 1 aliphatic carbocycles. The van der Waals surface area contributed by atoms with Crippen molar-refractivity contribution in [3.8, 4) is 11.8 Å². The first-order chi connectivity index (χ1) is 9.78. The zero-order valence-corrected chi connectivity index (χ0v) is 12.0. The summed E-state index contributed by atoms with van der Waals surface area (Å²) in [4.78, 5) is 0. The third-order valence-corrected chi connectivity index (χ3v) is 3.99. The van der Waals surface area contributed by atoms with Crippen LogP contribution in [0.25, 0.3) is 0 Å². The summed E-state index contributed by atoms with van der Waals surface area (Å²) in [7, 11) is 1.58. The predicted octanol–water partition coefficient (Wildman–Crippen LogP) is 2.60. The lowest BCUT2D eigenvalue weighted by Crippen LogP contribution is -2.33. The Bertz CT molecular complexity index is 482. The Morgan fingerprint density at radius 2 is 2.15 bits per heavy atom. The number of nitrogens with two attached hydrogens (primary N) is 1. The van der Waals surface area contributed by atoms with Crippen molar-refractivity contribution in [1.29, 1.82) is 5.26 Å². The van der Waals surface area contributed by atoms with E-state index in [1.165, 1.54) is 12.8 Å². The summed E-state index contributed by atoms with van der Waals surface area (Å²) in [5, 5.41) is 8.97. The third kappa shape index (κ3) is 3.50. The maximum absolute atomic E-state index is 8.97. The van der Waals surface area contributed by atoms with Gasteiger partial charge < -0.3 is 15.2 Å². The zero-order chi connectivity index (χ0) is 14.4. The molecule has 1 aromatic carbocycles. The molecule has 0 aromatic heterocycles. The normalized spacial score (nSPS) is 22.2. The first-order valence-electron chi connectivity index (χ1n) is 7.17. The molecule has 20 heavy (non-hydrogen) atoms. The van der Waals surface area contributed by atoms with Crippen molar-refractivity contribution < 1.29 is 9.47 Å². The number of hydrogen-bond donors (Lipinski definition) is 1. The largest absolute Gasteiger partial charge is 0.495 e. The predicted molar refractivity (Wildman–Crippen MR) is 77.3 cm³/mol.